The summed E-state index contributed by atoms with van der Waals surface area (Å²) in [5.41, 5.74) is 1.65. The van der Waals surface area contributed by atoms with Crippen LogP contribution in [0.5, 0.6) is 0 Å². The van der Waals surface area contributed by atoms with Crippen molar-refractivity contribution in [2.75, 3.05) is 5.32 Å². The average Bonchev–Trinajstić information content (AvgIpc) is 3.12. The molecule has 0 aliphatic heterocycles. The van der Waals surface area contributed by atoms with Gasteiger partial charge in [-0.25, -0.2) is 0 Å². The Hall–Kier alpha value is -1.92. The van der Waals surface area contributed by atoms with Crippen LogP contribution in [-0.2, 0) is 11.2 Å². The van der Waals surface area contributed by atoms with E-state index >= 15 is 0 Å². The highest BCUT2D eigenvalue weighted by Gasteiger charge is 2.11. The first-order chi connectivity index (χ1) is 10.2. The topological polar surface area (TPSA) is 55.1 Å². The minimum absolute atomic E-state index is 0.143. The Balaban J connectivity index is 1.67. The van der Waals surface area contributed by atoms with E-state index in [0.717, 1.165) is 20.6 Å². The Labute approximate surface area is 133 Å². The molecule has 0 aliphatic rings. The highest BCUT2D eigenvalue weighted by Crippen LogP contribution is 2.26. The van der Waals surface area contributed by atoms with Crippen molar-refractivity contribution in [1.82, 2.24) is 5.16 Å². The van der Waals surface area contributed by atoms with Gasteiger partial charge in [0.05, 0.1) is 11.3 Å². The zero-order valence-electron chi connectivity index (χ0n) is 10.9. The van der Waals surface area contributed by atoms with Gasteiger partial charge in [0.1, 0.15) is 5.69 Å². The molecule has 0 bridgehead atoms. The number of halogens is 1. The number of nitrogens with zero attached hydrogens (tertiary/aromatic N) is 1. The van der Waals surface area contributed by atoms with E-state index in [9.17, 15) is 4.79 Å². The summed E-state index contributed by atoms with van der Waals surface area (Å²) in [4.78, 5) is 13.0. The van der Waals surface area contributed by atoms with Crippen molar-refractivity contribution in [1.29, 1.82) is 0 Å². The Kier molecular flexibility index (Phi) is 4.17. The van der Waals surface area contributed by atoms with Gasteiger partial charge >= 0.3 is 0 Å². The lowest BCUT2D eigenvalue weighted by Crippen LogP contribution is -2.14. The third-order valence-corrected chi connectivity index (χ3v) is 4.52. The number of benzene rings is 1. The van der Waals surface area contributed by atoms with Gasteiger partial charge < -0.3 is 4.52 Å². The average molecular weight is 363 g/mol. The van der Waals surface area contributed by atoms with Gasteiger partial charge in [-0.1, -0.05) is 45.4 Å². The molecule has 0 fully saturated rings. The molecule has 0 aliphatic carbocycles. The van der Waals surface area contributed by atoms with E-state index in [-0.39, 0.29) is 12.3 Å². The zero-order valence-corrected chi connectivity index (χ0v) is 13.3. The van der Waals surface area contributed by atoms with Crippen molar-refractivity contribution in [3.63, 3.8) is 0 Å². The van der Waals surface area contributed by atoms with Gasteiger partial charge in [-0.2, -0.15) is 0 Å². The molecule has 0 saturated heterocycles. The maximum Gasteiger partial charge on any atom is 0.231 e. The number of carbonyl (C=O) groups excluding carboxylic acids is 1. The summed E-state index contributed by atoms with van der Waals surface area (Å²) in [6, 6.07) is 13.2. The molecule has 0 radical (unpaired) electrons. The number of aromatic nitrogens is 1. The second kappa shape index (κ2) is 6.24. The molecule has 0 saturated carbocycles. The van der Waals surface area contributed by atoms with Crippen molar-refractivity contribution in [3.05, 3.63) is 57.9 Å². The van der Waals surface area contributed by atoms with Crippen molar-refractivity contribution in [2.24, 2.45) is 0 Å². The third-order valence-electron chi connectivity index (χ3n) is 2.86. The number of carbonyl (C=O) groups is 1. The number of thiophene rings is 1. The minimum Gasteiger partial charge on any atom is -0.338 e. The molecule has 0 unspecified atom stereocenters. The van der Waals surface area contributed by atoms with Crippen LogP contribution in [0.25, 0.3) is 10.6 Å². The van der Waals surface area contributed by atoms with Crippen LogP contribution in [0.3, 0.4) is 0 Å². The molecule has 1 aromatic carbocycles. The maximum absolute atomic E-state index is 12.0. The smallest absolute Gasteiger partial charge is 0.231 e. The highest BCUT2D eigenvalue weighted by atomic mass is 79.9. The highest BCUT2D eigenvalue weighted by molar-refractivity contribution is 9.10. The summed E-state index contributed by atoms with van der Waals surface area (Å²) in [6.45, 7) is 0. The second-order valence-electron chi connectivity index (χ2n) is 4.37. The number of amides is 1. The van der Waals surface area contributed by atoms with E-state index in [4.69, 9.17) is 4.52 Å². The standard InChI is InChI=1S/C15H11BrN2O2S/c16-11-5-2-1-4-10(11)8-14(19)17-15-9-12(18-20-15)13-6-3-7-21-13/h1-7,9H,8H2,(H,17,19). The predicted octanol–water partition coefficient (Wildman–Crippen LogP) is 4.35. The van der Waals surface area contributed by atoms with Gasteiger partial charge in [0.2, 0.25) is 11.8 Å². The quantitative estimate of drug-likeness (QED) is 0.750. The molecule has 2 heterocycles. The molecule has 6 heteroatoms. The van der Waals surface area contributed by atoms with Gasteiger partial charge in [-0.3, -0.25) is 10.1 Å². The van der Waals surface area contributed by atoms with E-state index in [1.807, 2.05) is 41.8 Å². The Morgan fingerprint density at radius 2 is 2.14 bits per heavy atom. The van der Waals surface area contributed by atoms with E-state index in [0.29, 0.717) is 5.88 Å². The lowest BCUT2D eigenvalue weighted by atomic mass is 10.1. The van der Waals surface area contributed by atoms with Gasteiger partial charge in [-0.15, -0.1) is 11.3 Å². The molecular formula is C15H11BrN2O2S. The molecule has 3 rings (SSSR count). The van der Waals surface area contributed by atoms with E-state index in [1.165, 1.54) is 0 Å². The Morgan fingerprint density at radius 3 is 2.90 bits per heavy atom. The normalized spacial score (nSPS) is 10.5. The van der Waals surface area contributed by atoms with E-state index in [2.05, 4.69) is 26.4 Å². The van der Waals surface area contributed by atoms with Crippen LogP contribution in [0.4, 0.5) is 5.88 Å². The minimum atomic E-state index is -0.143. The molecule has 4 nitrogen and oxygen atoms in total. The largest absolute Gasteiger partial charge is 0.338 e. The number of hydrogen-bond acceptors (Lipinski definition) is 4. The summed E-state index contributed by atoms with van der Waals surface area (Å²) in [6.07, 6.45) is 0.274. The summed E-state index contributed by atoms with van der Waals surface area (Å²) in [5, 5.41) is 8.63. The zero-order chi connectivity index (χ0) is 14.7. The van der Waals surface area contributed by atoms with Crippen molar-refractivity contribution in [2.45, 2.75) is 6.42 Å². The molecule has 3 aromatic rings. The fraction of sp³-hybridized carbons (Fsp3) is 0.0667. The SMILES string of the molecule is O=C(Cc1ccccc1Br)Nc1cc(-c2cccs2)no1. The lowest BCUT2D eigenvalue weighted by Gasteiger charge is -2.03. The monoisotopic (exact) mass is 362 g/mol. The van der Waals surface area contributed by atoms with Crippen molar-refractivity contribution in [3.8, 4) is 10.6 Å². The second-order valence-corrected chi connectivity index (χ2v) is 6.17. The van der Waals surface area contributed by atoms with Gasteiger partial charge in [0.15, 0.2) is 0 Å². The first-order valence-corrected chi connectivity index (χ1v) is 7.93. The number of rotatable bonds is 4. The summed E-state index contributed by atoms with van der Waals surface area (Å²) >= 11 is 5.00. The van der Waals surface area contributed by atoms with Crippen molar-refractivity contribution >= 4 is 39.1 Å². The van der Waals surface area contributed by atoms with E-state index < -0.39 is 0 Å². The molecule has 0 atom stereocenters. The molecule has 21 heavy (non-hydrogen) atoms. The van der Waals surface area contributed by atoms with Crippen LogP contribution in [-0.4, -0.2) is 11.1 Å². The summed E-state index contributed by atoms with van der Waals surface area (Å²) in [5.74, 6) is 0.214. The molecule has 1 N–H and O–H groups in total. The first kappa shape index (κ1) is 14.0. The van der Waals surface area contributed by atoms with Gasteiger partial charge in [0.25, 0.3) is 0 Å². The number of hydrogen-bond donors (Lipinski definition) is 1. The molecule has 0 spiro atoms. The van der Waals surface area contributed by atoms with Crippen LogP contribution < -0.4 is 5.32 Å². The summed E-state index contributed by atoms with van der Waals surface area (Å²) in [7, 11) is 0. The van der Waals surface area contributed by atoms with E-state index in [1.54, 1.807) is 17.4 Å². The Bertz CT molecular complexity index is 753. The molecule has 2 aromatic heterocycles. The van der Waals surface area contributed by atoms with Crippen LogP contribution in [0, 0.1) is 0 Å². The number of nitrogens with one attached hydrogen (secondary N) is 1. The van der Waals surface area contributed by atoms with Crippen LogP contribution in [0.1, 0.15) is 5.56 Å². The lowest BCUT2D eigenvalue weighted by molar-refractivity contribution is -0.115. The fourth-order valence-electron chi connectivity index (χ4n) is 1.87. The third kappa shape index (κ3) is 3.40. The molecule has 1 amide bonds. The van der Waals surface area contributed by atoms with Gasteiger partial charge in [-0.05, 0) is 23.1 Å². The summed E-state index contributed by atoms with van der Waals surface area (Å²) < 4.78 is 6.05. The fourth-order valence-corrected chi connectivity index (χ4v) is 2.97. The van der Waals surface area contributed by atoms with Gasteiger partial charge in [0, 0.05) is 10.5 Å². The van der Waals surface area contributed by atoms with Crippen LogP contribution in [0.15, 0.2) is 56.8 Å². The van der Waals surface area contributed by atoms with Crippen molar-refractivity contribution < 1.29 is 9.32 Å². The van der Waals surface area contributed by atoms with Crippen LogP contribution in [0.2, 0.25) is 0 Å². The maximum atomic E-state index is 12.0. The number of anilines is 1. The predicted molar refractivity (Wildman–Crippen MR) is 86.3 cm³/mol. The molecular weight excluding hydrogens is 352 g/mol. The Morgan fingerprint density at radius 1 is 1.29 bits per heavy atom. The molecule has 106 valence electrons. The van der Waals surface area contributed by atoms with Crippen LogP contribution >= 0.6 is 27.3 Å². The first-order valence-electron chi connectivity index (χ1n) is 6.26.